The van der Waals surface area contributed by atoms with E-state index >= 15 is 0 Å². The molecule has 0 atom stereocenters. The van der Waals surface area contributed by atoms with Crippen molar-refractivity contribution in [3.8, 4) is 6.07 Å². The van der Waals surface area contributed by atoms with Crippen LogP contribution >= 0.6 is 11.3 Å². The Morgan fingerprint density at radius 1 is 1.21 bits per heavy atom. The fraction of sp³-hybridized carbons (Fsp3) is 0.389. The van der Waals surface area contributed by atoms with Crippen molar-refractivity contribution in [2.75, 3.05) is 31.1 Å². The summed E-state index contributed by atoms with van der Waals surface area (Å²) in [6, 6.07) is 7.86. The zero-order valence-electron chi connectivity index (χ0n) is 13.3. The van der Waals surface area contributed by atoms with Gasteiger partial charge in [-0.2, -0.15) is 5.26 Å². The molecule has 0 bridgehead atoms. The first kappa shape index (κ1) is 15.2. The summed E-state index contributed by atoms with van der Waals surface area (Å²) in [5.41, 5.74) is 1.82. The van der Waals surface area contributed by atoms with Crippen molar-refractivity contribution in [3.63, 3.8) is 0 Å². The number of piperazine rings is 1. The topological polar surface area (TPSA) is 60.2 Å². The lowest BCUT2D eigenvalue weighted by molar-refractivity contribution is 0.0750. The Hall–Kier alpha value is -2.39. The van der Waals surface area contributed by atoms with Crippen molar-refractivity contribution in [2.45, 2.75) is 18.8 Å². The molecule has 1 saturated heterocycles. The van der Waals surface area contributed by atoms with Crippen LogP contribution in [-0.2, 0) is 0 Å². The highest BCUT2D eigenvalue weighted by atomic mass is 32.1. The number of hydrogen-bond acceptors (Lipinski definition) is 5. The molecule has 2 aliphatic rings. The Labute approximate surface area is 145 Å². The van der Waals surface area contributed by atoms with Crippen LogP contribution in [0.3, 0.4) is 0 Å². The third-order valence-corrected chi connectivity index (χ3v) is 5.59. The van der Waals surface area contributed by atoms with Gasteiger partial charge in [-0.1, -0.05) is 0 Å². The molecule has 0 radical (unpaired) electrons. The second-order valence-corrected chi connectivity index (χ2v) is 7.19. The van der Waals surface area contributed by atoms with Gasteiger partial charge < -0.3 is 9.80 Å². The number of amides is 1. The number of carbonyl (C=O) groups is 1. The normalized spacial score (nSPS) is 17.6. The Morgan fingerprint density at radius 3 is 2.62 bits per heavy atom. The van der Waals surface area contributed by atoms with Gasteiger partial charge >= 0.3 is 0 Å². The number of pyridine rings is 1. The summed E-state index contributed by atoms with van der Waals surface area (Å²) >= 11 is 1.57. The first-order valence-corrected chi connectivity index (χ1v) is 9.12. The molecular formula is C18H18N4OS. The third-order valence-electron chi connectivity index (χ3n) is 4.67. The van der Waals surface area contributed by atoms with E-state index in [0.29, 0.717) is 24.6 Å². The van der Waals surface area contributed by atoms with Crippen molar-refractivity contribution in [1.82, 2.24) is 9.88 Å². The number of nitrogens with zero attached hydrogens (tertiary/aromatic N) is 4. The predicted octanol–water partition coefficient (Wildman–Crippen LogP) is 2.85. The van der Waals surface area contributed by atoms with E-state index in [4.69, 9.17) is 5.26 Å². The molecule has 6 heteroatoms. The molecule has 1 saturated carbocycles. The summed E-state index contributed by atoms with van der Waals surface area (Å²) in [6.07, 6.45) is 4.03. The summed E-state index contributed by atoms with van der Waals surface area (Å²) < 4.78 is 0. The second kappa shape index (κ2) is 6.25. The molecule has 3 heterocycles. The first-order chi connectivity index (χ1) is 11.8. The number of hydrogen-bond donors (Lipinski definition) is 0. The monoisotopic (exact) mass is 338 g/mol. The Kier molecular flexibility index (Phi) is 3.95. The largest absolute Gasteiger partial charge is 0.353 e. The smallest absolute Gasteiger partial charge is 0.264 e. The Bertz CT molecular complexity index is 780. The molecule has 0 aromatic carbocycles. The number of thiophene rings is 1. The van der Waals surface area contributed by atoms with Gasteiger partial charge in [0.25, 0.3) is 5.91 Å². The molecule has 4 rings (SSSR count). The number of aromatic nitrogens is 1. The Morgan fingerprint density at radius 2 is 2.00 bits per heavy atom. The maximum atomic E-state index is 12.8. The highest BCUT2D eigenvalue weighted by molar-refractivity contribution is 7.12. The zero-order valence-corrected chi connectivity index (χ0v) is 14.1. The van der Waals surface area contributed by atoms with Gasteiger partial charge in [0.2, 0.25) is 0 Å². The zero-order chi connectivity index (χ0) is 16.5. The minimum Gasteiger partial charge on any atom is -0.353 e. The molecule has 2 aromatic rings. The van der Waals surface area contributed by atoms with E-state index in [2.05, 4.69) is 22.0 Å². The number of rotatable bonds is 3. The molecular weight excluding hydrogens is 320 g/mol. The van der Waals surface area contributed by atoms with Gasteiger partial charge in [-0.05, 0) is 47.9 Å². The van der Waals surface area contributed by atoms with Crippen LogP contribution in [0.5, 0.6) is 0 Å². The van der Waals surface area contributed by atoms with Crippen molar-refractivity contribution >= 4 is 23.1 Å². The van der Waals surface area contributed by atoms with Crippen LogP contribution < -0.4 is 4.90 Å². The van der Waals surface area contributed by atoms with E-state index in [1.807, 2.05) is 16.3 Å². The predicted molar refractivity (Wildman–Crippen MR) is 93.4 cm³/mol. The number of nitriles is 1. The minimum atomic E-state index is 0.180. The van der Waals surface area contributed by atoms with E-state index in [9.17, 15) is 4.79 Å². The van der Waals surface area contributed by atoms with Crippen LogP contribution in [0.4, 0.5) is 5.82 Å². The molecule has 1 aliphatic heterocycles. The van der Waals surface area contributed by atoms with E-state index in [0.717, 1.165) is 23.8 Å². The van der Waals surface area contributed by atoms with Crippen LogP contribution in [0.2, 0.25) is 0 Å². The van der Waals surface area contributed by atoms with Crippen LogP contribution in [0.25, 0.3) is 0 Å². The number of anilines is 1. The van der Waals surface area contributed by atoms with Crippen molar-refractivity contribution in [1.29, 1.82) is 5.26 Å². The summed E-state index contributed by atoms with van der Waals surface area (Å²) in [7, 11) is 0. The highest BCUT2D eigenvalue weighted by Crippen LogP contribution is 2.43. The third kappa shape index (κ3) is 2.87. The second-order valence-electron chi connectivity index (χ2n) is 6.28. The molecule has 24 heavy (non-hydrogen) atoms. The van der Waals surface area contributed by atoms with Gasteiger partial charge in [-0.25, -0.2) is 4.98 Å². The SMILES string of the molecule is N#Cc1ccc(N2CCN(C(=O)c3sccc3C3CC3)CC2)nc1. The van der Waals surface area contributed by atoms with E-state index in [1.54, 1.807) is 23.6 Å². The first-order valence-electron chi connectivity index (χ1n) is 8.24. The van der Waals surface area contributed by atoms with Crippen molar-refractivity contribution < 1.29 is 4.79 Å². The number of carbonyl (C=O) groups excluding carboxylic acids is 1. The van der Waals surface area contributed by atoms with Gasteiger partial charge in [0.15, 0.2) is 0 Å². The lowest BCUT2D eigenvalue weighted by Crippen LogP contribution is -2.49. The fourth-order valence-electron chi connectivity index (χ4n) is 3.13. The van der Waals surface area contributed by atoms with E-state index < -0.39 is 0 Å². The van der Waals surface area contributed by atoms with Gasteiger partial charge in [-0.15, -0.1) is 11.3 Å². The van der Waals surface area contributed by atoms with E-state index in [1.165, 1.54) is 18.4 Å². The van der Waals surface area contributed by atoms with Gasteiger partial charge in [0, 0.05) is 32.4 Å². The average molecular weight is 338 g/mol. The van der Waals surface area contributed by atoms with Gasteiger partial charge in [0.1, 0.15) is 11.9 Å². The molecule has 1 amide bonds. The van der Waals surface area contributed by atoms with Crippen LogP contribution in [0, 0.1) is 11.3 Å². The summed E-state index contributed by atoms with van der Waals surface area (Å²) in [5.74, 6) is 1.66. The molecule has 2 aromatic heterocycles. The molecule has 0 N–H and O–H groups in total. The maximum absolute atomic E-state index is 12.8. The molecule has 5 nitrogen and oxygen atoms in total. The van der Waals surface area contributed by atoms with Crippen molar-refractivity contribution in [2.24, 2.45) is 0 Å². The van der Waals surface area contributed by atoms with E-state index in [-0.39, 0.29) is 5.91 Å². The molecule has 122 valence electrons. The Balaban J connectivity index is 1.41. The molecule has 1 aliphatic carbocycles. The van der Waals surface area contributed by atoms with Crippen LogP contribution in [0.1, 0.15) is 39.6 Å². The minimum absolute atomic E-state index is 0.180. The maximum Gasteiger partial charge on any atom is 0.264 e. The summed E-state index contributed by atoms with van der Waals surface area (Å²) in [6.45, 7) is 2.97. The quantitative estimate of drug-likeness (QED) is 0.863. The van der Waals surface area contributed by atoms with Crippen LogP contribution in [-0.4, -0.2) is 42.0 Å². The highest BCUT2D eigenvalue weighted by Gasteiger charge is 2.31. The summed E-state index contributed by atoms with van der Waals surface area (Å²) in [4.78, 5) is 22.2. The lowest BCUT2D eigenvalue weighted by atomic mass is 10.1. The standard InChI is InChI=1S/C18H18N4OS/c19-11-13-1-4-16(20-12-13)21-6-8-22(9-7-21)18(23)17-15(5-10-24-17)14-2-3-14/h1,4-5,10,12,14H,2-3,6-9H2. The van der Waals surface area contributed by atoms with Gasteiger partial charge in [0.05, 0.1) is 10.4 Å². The lowest BCUT2D eigenvalue weighted by Gasteiger charge is -2.35. The van der Waals surface area contributed by atoms with Gasteiger partial charge in [-0.3, -0.25) is 4.79 Å². The molecule has 0 spiro atoms. The summed E-state index contributed by atoms with van der Waals surface area (Å²) in [5, 5.41) is 10.9. The van der Waals surface area contributed by atoms with Crippen molar-refractivity contribution in [3.05, 3.63) is 45.8 Å². The fourth-order valence-corrected chi connectivity index (χ4v) is 4.08. The average Bonchev–Trinajstić information content (AvgIpc) is 3.38. The van der Waals surface area contributed by atoms with Crippen LogP contribution in [0.15, 0.2) is 29.8 Å². The molecule has 2 fully saturated rings. The molecule has 0 unspecified atom stereocenters.